The second kappa shape index (κ2) is 10.5. The predicted octanol–water partition coefficient (Wildman–Crippen LogP) is 0.350. The number of non-ortho nitro benzene ring substituents is 1. The predicted molar refractivity (Wildman–Crippen MR) is 92.8 cm³/mol. The molecule has 27 heavy (non-hydrogen) atoms. The molecule has 0 aliphatic carbocycles. The molecule has 0 saturated carbocycles. The van der Waals surface area contributed by atoms with Gasteiger partial charge in [0.2, 0.25) is 0 Å². The summed E-state index contributed by atoms with van der Waals surface area (Å²) in [5, 5.41) is 17.3. The molecule has 11 heteroatoms. The molecule has 1 aromatic rings. The Hall–Kier alpha value is -3.50. The average molecular weight is 380 g/mol. The highest BCUT2D eigenvalue weighted by Crippen LogP contribution is 2.12. The lowest BCUT2D eigenvalue weighted by atomic mass is 10.2. The lowest BCUT2D eigenvalue weighted by Gasteiger charge is -2.09. The molecule has 0 fully saturated rings. The van der Waals surface area contributed by atoms with Crippen molar-refractivity contribution in [3.63, 3.8) is 0 Å². The number of ether oxygens (including phenoxy) is 1. The van der Waals surface area contributed by atoms with Gasteiger partial charge in [0, 0.05) is 24.2 Å². The lowest BCUT2D eigenvalue weighted by molar-refractivity contribution is -0.384. The minimum Gasteiger partial charge on any atom is -0.454 e. The maximum absolute atomic E-state index is 11.9. The molecule has 0 radical (unpaired) electrons. The van der Waals surface area contributed by atoms with Crippen molar-refractivity contribution >= 4 is 29.5 Å². The van der Waals surface area contributed by atoms with Gasteiger partial charge in [0.25, 0.3) is 17.5 Å². The third-order valence-electron chi connectivity index (χ3n) is 3.00. The van der Waals surface area contributed by atoms with Gasteiger partial charge in [0.05, 0.1) is 4.92 Å². The lowest BCUT2D eigenvalue weighted by Crippen LogP contribution is -2.43. The molecule has 0 atom stereocenters. The van der Waals surface area contributed by atoms with Crippen LogP contribution in [0.3, 0.4) is 0 Å². The molecular formula is C16H20N4O7. The molecule has 0 heterocycles. The Morgan fingerprint density at radius 2 is 1.89 bits per heavy atom. The molecule has 11 nitrogen and oxygen atoms in total. The maximum Gasteiger partial charge on any atom is 0.325 e. The van der Waals surface area contributed by atoms with E-state index in [0.717, 1.165) is 6.07 Å². The first-order valence-electron chi connectivity index (χ1n) is 7.95. The van der Waals surface area contributed by atoms with Crippen LogP contribution in [0.5, 0.6) is 0 Å². The number of hydrogen-bond acceptors (Lipinski definition) is 7. The molecule has 0 aliphatic rings. The van der Waals surface area contributed by atoms with E-state index in [-0.39, 0.29) is 17.2 Å². The molecule has 0 bridgehead atoms. The highest BCUT2D eigenvalue weighted by atomic mass is 16.6. The molecule has 0 aromatic heterocycles. The van der Waals surface area contributed by atoms with Crippen LogP contribution in [0.4, 0.5) is 10.5 Å². The van der Waals surface area contributed by atoms with Gasteiger partial charge in [-0.1, -0.05) is 19.9 Å². The number of nitro benzene ring substituents is 1. The maximum atomic E-state index is 11.9. The summed E-state index contributed by atoms with van der Waals surface area (Å²) in [6.07, 6.45) is 0. The largest absolute Gasteiger partial charge is 0.454 e. The Balaban J connectivity index is 2.35. The number of rotatable bonds is 8. The van der Waals surface area contributed by atoms with Gasteiger partial charge in [0.1, 0.15) is 6.54 Å². The third kappa shape index (κ3) is 8.43. The number of hydrogen-bond donors (Lipinski definition) is 3. The average Bonchev–Trinajstić information content (AvgIpc) is 2.62. The van der Waals surface area contributed by atoms with E-state index < -0.39 is 41.9 Å². The first-order chi connectivity index (χ1) is 12.7. The first kappa shape index (κ1) is 21.5. The van der Waals surface area contributed by atoms with Gasteiger partial charge in [-0.25, -0.2) is 4.79 Å². The quantitative estimate of drug-likeness (QED) is 0.333. The molecule has 1 aromatic carbocycles. The van der Waals surface area contributed by atoms with Crippen LogP contribution >= 0.6 is 0 Å². The number of carbonyl (C=O) groups excluding carboxylic acids is 4. The number of nitrogens with zero attached hydrogens (tertiary/aromatic N) is 1. The van der Waals surface area contributed by atoms with E-state index in [1.807, 2.05) is 19.2 Å². The zero-order valence-electron chi connectivity index (χ0n) is 14.8. The van der Waals surface area contributed by atoms with Crippen molar-refractivity contribution in [2.45, 2.75) is 13.8 Å². The van der Waals surface area contributed by atoms with E-state index in [9.17, 15) is 29.3 Å². The number of nitro groups is 1. The number of amides is 4. The van der Waals surface area contributed by atoms with Crippen molar-refractivity contribution in [2.75, 3.05) is 19.7 Å². The van der Waals surface area contributed by atoms with E-state index >= 15 is 0 Å². The number of carbonyl (C=O) groups is 4. The SMILES string of the molecule is CC(C)CNC(=O)NC(=O)COC(=O)CNC(=O)c1cccc([N+](=O)[O-])c1. The van der Waals surface area contributed by atoms with Gasteiger partial charge in [-0.2, -0.15) is 0 Å². The van der Waals surface area contributed by atoms with E-state index in [4.69, 9.17) is 0 Å². The number of nitrogens with one attached hydrogen (secondary N) is 3. The van der Waals surface area contributed by atoms with E-state index in [2.05, 4.69) is 15.4 Å². The van der Waals surface area contributed by atoms with Gasteiger partial charge >= 0.3 is 12.0 Å². The summed E-state index contributed by atoms with van der Waals surface area (Å²) in [6, 6.07) is 4.26. The third-order valence-corrected chi connectivity index (χ3v) is 3.00. The Morgan fingerprint density at radius 3 is 2.52 bits per heavy atom. The van der Waals surface area contributed by atoms with Crippen molar-refractivity contribution in [1.82, 2.24) is 16.0 Å². The number of esters is 1. The van der Waals surface area contributed by atoms with Gasteiger partial charge in [-0.3, -0.25) is 29.8 Å². The normalized spacial score (nSPS) is 10.0. The molecule has 3 N–H and O–H groups in total. The van der Waals surface area contributed by atoms with Crippen LogP contribution in [-0.2, 0) is 14.3 Å². The van der Waals surface area contributed by atoms with Crippen LogP contribution in [-0.4, -0.2) is 48.4 Å². The van der Waals surface area contributed by atoms with Crippen molar-refractivity contribution in [3.05, 3.63) is 39.9 Å². The summed E-state index contributed by atoms with van der Waals surface area (Å²) in [6.45, 7) is 2.90. The Kier molecular flexibility index (Phi) is 8.36. The second-order valence-electron chi connectivity index (χ2n) is 5.80. The summed E-state index contributed by atoms with van der Waals surface area (Å²) in [4.78, 5) is 56.2. The number of imide groups is 1. The minimum absolute atomic E-state index is 0.00318. The minimum atomic E-state index is -0.911. The zero-order chi connectivity index (χ0) is 20.4. The highest BCUT2D eigenvalue weighted by Gasteiger charge is 2.14. The summed E-state index contributed by atoms with van der Waals surface area (Å²) in [7, 11) is 0. The Bertz CT molecular complexity index is 733. The first-order valence-corrected chi connectivity index (χ1v) is 7.95. The highest BCUT2D eigenvalue weighted by molar-refractivity contribution is 5.97. The van der Waals surface area contributed by atoms with Gasteiger partial charge in [0.15, 0.2) is 6.61 Å². The summed E-state index contributed by atoms with van der Waals surface area (Å²) >= 11 is 0. The van der Waals surface area contributed by atoms with Gasteiger partial charge in [-0.15, -0.1) is 0 Å². The molecule has 1 rings (SSSR count). The molecule has 4 amide bonds. The zero-order valence-corrected chi connectivity index (χ0v) is 14.8. The monoisotopic (exact) mass is 380 g/mol. The Morgan fingerprint density at radius 1 is 1.19 bits per heavy atom. The molecule has 0 spiro atoms. The van der Waals surface area contributed by atoms with Crippen LogP contribution in [0.2, 0.25) is 0 Å². The molecule has 146 valence electrons. The van der Waals surface area contributed by atoms with Crippen molar-refractivity contribution in [3.8, 4) is 0 Å². The van der Waals surface area contributed by atoms with Crippen molar-refractivity contribution < 1.29 is 28.8 Å². The standard InChI is InChI=1S/C16H20N4O7/c1-10(2)7-18-16(24)19-13(21)9-27-14(22)8-17-15(23)11-4-3-5-12(6-11)20(25)26/h3-6,10H,7-9H2,1-2H3,(H,17,23)(H2,18,19,21,24). The summed E-state index contributed by atoms with van der Waals surface area (Å²) in [5.74, 6) is -2.24. The molecular weight excluding hydrogens is 360 g/mol. The summed E-state index contributed by atoms with van der Waals surface area (Å²) < 4.78 is 4.62. The van der Waals surface area contributed by atoms with Crippen molar-refractivity contribution in [1.29, 1.82) is 0 Å². The van der Waals surface area contributed by atoms with Crippen LogP contribution in [0.15, 0.2) is 24.3 Å². The van der Waals surface area contributed by atoms with E-state index in [1.54, 1.807) is 0 Å². The number of urea groups is 1. The smallest absolute Gasteiger partial charge is 0.325 e. The van der Waals surface area contributed by atoms with Crippen LogP contribution in [0.1, 0.15) is 24.2 Å². The fourth-order valence-electron chi connectivity index (χ4n) is 1.72. The van der Waals surface area contributed by atoms with E-state index in [0.29, 0.717) is 6.54 Å². The van der Waals surface area contributed by atoms with Crippen LogP contribution in [0, 0.1) is 16.0 Å². The van der Waals surface area contributed by atoms with E-state index in [1.165, 1.54) is 18.2 Å². The topological polar surface area (TPSA) is 157 Å². The van der Waals surface area contributed by atoms with Crippen molar-refractivity contribution in [2.24, 2.45) is 5.92 Å². The molecule has 0 unspecified atom stereocenters. The fraction of sp³-hybridized carbons (Fsp3) is 0.375. The molecule has 0 aliphatic heterocycles. The fourth-order valence-corrected chi connectivity index (χ4v) is 1.72. The van der Waals surface area contributed by atoms with Crippen LogP contribution in [0.25, 0.3) is 0 Å². The Labute approximate surface area is 154 Å². The second-order valence-corrected chi connectivity index (χ2v) is 5.80. The molecule has 0 saturated heterocycles. The van der Waals surface area contributed by atoms with Gasteiger partial charge in [-0.05, 0) is 12.0 Å². The number of benzene rings is 1. The summed E-state index contributed by atoms with van der Waals surface area (Å²) in [5.41, 5.74) is -0.269. The van der Waals surface area contributed by atoms with Gasteiger partial charge < -0.3 is 15.4 Å². The van der Waals surface area contributed by atoms with Crippen LogP contribution < -0.4 is 16.0 Å².